The van der Waals surface area contributed by atoms with Crippen molar-refractivity contribution in [3.05, 3.63) is 41.4 Å². The van der Waals surface area contributed by atoms with Gasteiger partial charge >= 0.3 is 6.09 Å². The summed E-state index contributed by atoms with van der Waals surface area (Å²) in [4.78, 5) is 10.6. The molecule has 0 heterocycles. The van der Waals surface area contributed by atoms with Crippen LogP contribution < -0.4 is 5.32 Å². The second-order valence-electron chi connectivity index (χ2n) is 4.91. The van der Waals surface area contributed by atoms with E-state index < -0.39 is 15.9 Å². The highest BCUT2D eigenvalue weighted by molar-refractivity contribution is 7.91. The fourth-order valence-electron chi connectivity index (χ4n) is 2.12. The second-order valence-corrected chi connectivity index (χ2v) is 7.46. The molecule has 5 nitrogen and oxygen atoms in total. The summed E-state index contributed by atoms with van der Waals surface area (Å²) in [6, 6.07) is 10.2. The predicted octanol–water partition coefficient (Wildman–Crippen LogP) is 3.31. The quantitative estimate of drug-likeness (QED) is 0.789. The summed E-state index contributed by atoms with van der Waals surface area (Å²) in [6.45, 7) is 0.251. The van der Waals surface area contributed by atoms with E-state index in [0.717, 1.165) is 10.8 Å². The van der Waals surface area contributed by atoms with Crippen LogP contribution >= 0.6 is 11.6 Å². The number of amides is 1. The van der Waals surface area contributed by atoms with Gasteiger partial charge < -0.3 is 10.4 Å². The molecule has 0 aliphatic heterocycles. The van der Waals surface area contributed by atoms with Gasteiger partial charge in [0.2, 0.25) is 0 Å². The summed E-state index contributed by atoms with van der Waals surface area (Å²) in [6.07, 6.45) is -0.216. The molecule has 0 bridgehead atoms. The molecule has 0 saturated heterocycles. The molecule has 0 radical (unpaired) electrons. The van der Waals surface area contributed by atoms with E-state index in [9.17, 15) is 13.2 Å². The van der Waals surface area contributed by atoms with Gasteiger partial charge in [0.25, 0.3) is 0 Å². The average molecular weight is 342 g/mol. The summed E-state index contributed by atoms with van der Waals surface area (Å²) in [5, 5.41) is 13.0. The van der Waals surface area contributed by atoms with Crippen LogP contribution in [0.25, 0.3) is 10.8 Å². The van der Waals surface area contributed by atoms with Crippen molar-refractivity contribution in [2.45, 2.75) is 17.7 Å². The van der Waals surface area contributed by atoms with Gasteiger partial charge in [-0.15, -0.1) is 0 Å². The van der Waals surface area contributed by atoms with Crippen LogP contribution in [0.1, 0.15) is 12.8 Å². The van der Waals surface area contributed by atoms with Gasteiger partial charge in [-0.1, -0.05) is 23.7 Å². The maximum Gasteiger partial charge on any atom is 0.404 e. The third-order valence-electron chi connectivity index (χ3n) is 3.25. The van der Waals surface area contributed by atoms with Crippen molar-refractivity contribution < 1.29 is 18.3 Å². The van der Waals surface area contributed by atoms with Gasteiger partial charge in [0, 0.05) is 11.6 Å². The molecule has 2 rings (SSSR count). The van der Waals surface area contributed by atoms with Gasteiger partial charge in [-0.05, 0) is 47.9 Å². The van der Waals surface area contributed by atoms with Crippen LogP contribution in [0.5, 0.6) is 0 Å². The van der Waals surface area contributed by atoms with Gasteiger partial charge in [0.15, 0.2) is 9.84 Å². The lowest BCUT2D eigenvalue weighted by molar-refractivity contribution is 0.194. The van der Waals surface area contributed by atoms with Crippen LogP contribution in [-0.2, 0) is 9.84 Å². The number of sulfone groups is 1. The summed E-state index contributed by atoms with van der Waals surface area (Å²) < 4.78 is 24.6. The maximum absolute atomic E-state index is 12.3. The molecular formula is C15H16ClNO4S. The van der Waals surface area contributed by atoms with Crippen molar-refractivity contribution in [3.63, 3.8) is 0 Å². The van der Waals surface area contributed by atoms with Gasteiger partial charge in [-0.25, -0.2) is 13.2 Å². The molecule has 118 valence electrons. The van der Waals surface area contributed by atoms with E-state index in [4.69, 9.17) is 16.7 Å². The smallest absolute Gasteiger partial charge is 0.404 e. The molecule has 0 unspecified atom stereocenters. The Morgan fingerprint density at radius 2 is 1.77 bits per heavy atom. The van der Waals surface area contributed by atoms with Gasteiger partial charge in [-0.3, -0.25) is 0 Å². The Bertz CT molecular complexity index is 789. The molecule has 7 heteroatoms. The molecule has 0 saturated carbocycles. The fraction of sp³-hybridized carbons (Fsp3) is 0.267. The lowest BCUT2D eigenvalue weighted by Crippen LogP contribution is -2.22. The van der Waals surface area contributed by atoms with Crippen molar-refractivity contribution in [1.29, 1.82) is 0 Å². The first kappa shape index (κ1) is 16.6. The Hall–Kier alpha value is -1.79. The number of halogens is 1. The highest BCUT2D eigenvalue weighted by Crippen LogP contribution is 2.23. The van der Waals surface area contributed by atoms with Crippen LogP contribution in [0, 0.1) is 0 Å². The zero-order chi connectivity index (χ0) is 16.2. The molecular weight excluding hydrogens is 326 g/mol. The second kappa shape index (κ2) is 6.98. The SMILES string of the molecule is O=C(O)NCCCCS(=O)(=O)c1ccc2cc(Cl)ccc2c1. The molecule has 0 fully saturated rings. The Morgan fingerprint density at radius 1 is 1.09 bits per heavy atom. The van der Waals surface area contributed by atoms with Crippen molar-refractivity contribution in [2.24, 2.45) is 0 Å². The minimum Gasteiger partial charge on any atom is -0.465 e. The average Bonchev–Trinajstić information content (AvgIpc) is 2.45. The monoisotopic (exact) mass is 341 g/mol. The van der Waals surface area contributed by atoms with Gasteiger partial charge in [0.05, 0.1) is 10.6 Å². The third kappa shape index (κ3) is 4.35. The first-order chi connectivity index (χ1) is 10.4. The first-order valence-corrected chi connectivity index (χ1v) is 8.80. The van der Waals surface area contributed by atoms with E-state index in [1.807, 2.05) is 0 Å². The van der Waals surface area contributed by atoms with Crippen molar-refractivity contribution in [3.8, 4) is 0 Å². The largest absolute Gasteiger partial charge is 0.465 e. The molecule has 0 atom stereocenters. The van der Waals surface area contributed by atoms with E-state index >= 15 is 0 Å². The standard InChI is InChI=1S/C15H16ClNO4S/c16-13-5-3-12-10-14(6-4-11(12)9-13)22(20,21)8-2-1-7-17-15(18)19/h3-6,9-10,17H,1-2,7-8H2,(H,18,19). The van der Waals surface area contributed by atoms with Gasteiger partial charge in [0.1, 0.15) is 0 Å². The molecule has 2 N–H and O–H groups in total. The Kier molecular flexibility index (Phi) is 5.26. The van der Waals surface area contributed by atoms with E-state index in [2.05, 4.69) is 5.32 Å². The van der Waals surface area contributed by atoms with Crippen LogP contribution in [0.2, 0.25) is 5.02 Å². The molecule has 2 aromatic rings. The Balaban J connectivity index is 2.06. The summed E-state index contributed by atoms with van der Waals surface area (Å²) in [5.74, 6) is -0.00655. The number of hydrogen-bond acceptors (Lipinski definition) is 3. The Morgan fingerprint density at radius 3 is 2.50 bits per heavy atom. The van der Waals surface area contributed by atoms with E-state index in [-0.39, 0.29) is 17.2 Å². The predicted molar refractivity (Wildman–Crippen MR) is 86.3 cm³/mol. The van der Waals surface area contributed by atoms with Crippen molar-refractivity contribution in [2.75, 3.05) is 12.3 Å². The zero-order valence-corrected chi connectivity index (χ0v) is 13.3. The number of carboxylic acid groups (broad SMARTS) is 1. The molecule has 1 amide bonds. The van der Waals surface area contributed by atoms with Crippen LogP contribution in [0.15, 0.2) is 41.3 Å². The number of rotatable bonds is 6. The van der Waals surface area contributed by atoms with Crippen molar-refractivity contribution >= 4 is 38.3 Å². The lowest BCUT2D eigenvalue weighted by Gasteiger charge is -2.06. The number of unbranched alkanes of at least 4 members (excludes halogenated alkanes) is 1. The molecule has 0 aromatic heterocycles. The number of benzene rings is 2. The van der Waals surface area contributed by atoms with Crippen molar-refractivity contribution in [1.82, 2.24) is 5.32 Å². The lowest BCUT2D eigenvalue weighted by atomic mass is 10.1. The number of fused-ring (bicyclic) bond motifs is 1. The topological polar surface area (TPSA) is 83.5 Å². The maximum atomic E-state index is 12.3. The number of hydrogen-bond donors (Lipinski definition) is 2. The fourth-order valence-corrected chi connectivity index (χ4v) is 3.70. The van der Waals surface area contributed by atoms with Crippen LogP contribution in [0.3, 0.4) is 0 Å². The highest BCUT2D eigenvalue weighted by atomic mass is 35.5. The van der Waals surface area contributed by atoms with E-state index in [1.54, 1.807) is 36.4 Å². The first-order valence-electron chi connectivity index (χ1n) is 6.77. The summed E-state index contributed by atoms with van der Waals surface area (Å²) >= 11 is 5.90. The van der Waals surface area contributed by atoms with E-state index in [0.29, 0.717) is 17.9 Å². The summed E-state index contributed by atoms with van der Waals surface area (Å²) in [5.41, 5.74) is 0. The minimum atomic E-state index is -3.37. The number of carbonyl (C=O) groups is 1. The molecule has 0 aliphatic carbocycles. The molecule has 2 aromatic carbocycles. The third-order valence-corrected chi connectivity index (χ3v) is 5.28. The van der Waals surface area contributed by atoms with Gasteiger partial charge in [-0.2, -0.15) is 0 Å². The molecule has 22 heavy (non-hydrogen) atoms. The highest BCUT2D eigenvalue weighted by Gasteiger charge is 2.14. The Labute approximate surface area is 133 Å². The number of nitrogens with one attached hydrogen (secondary N) is 1. The zero-order valence-electron chi connectivity index (χ0n) is 11.8. The molecule has 0 aliphatic rings. The van der Waals surface area contributed by atoms with E-state index in [1.165, 1.54) is 0 Å². The summed E-state index contributed by atoms with van der Waals surface area (Å²) in [7, 11) is -3.37. The molecule has 0 spiro atoms. The normalized spacial score (nSPS) is 11.5. The van der Waals surface area contributed by atoms with Crippen LogP contribution in [-0.4, -0.2) is 31.9 Å². The van der Waals surface area contributed by atoms with Crippen LogP contribution in [0.4, 0.5) is 4.79 Å². The minimum absolute atomic E-state index is 0.00655.